The number of benzene rings is 1. The van der Waals surface area contributed by atoms with E-state index in [-0.39, 0.29) is 21.7 Å². The average Bonchev–Trinajstić information content (AvgIpc) is 3.26. The lowest BCUT2D eigenvalue weighted by Crippen LogP contribution is -2.67. The number of rotatable bonds is 1. The van der Waals surface area contributed by atoms with E-state index in [2.05, 4.69) is 60.6 Å². The van der Waals surface area contributed by atoms with Crippen LogP contribution < -0.4 is 0 Å². The summed E-state index contributed by atoms with van der Waals surface area (Å²) in [7, 11) is 0. The molecule has 41 heavy (non-hydrogen) atoms. The van der Waals surface area contributed by atoms with Crippen LogP contribution in [0, 0.1) is 67.5 Å². The molecule has 5 saturated carbocycles. The fourth-order valence-corrected chi connectivity index (χ4v) is 12.8. The number of hydrogen-bond acceptors (Lipinski definition) is 3. The molecule has 0 amide bonds. The van der Waals surface area contributed by atoms with Crippen molar-refractivity contribution in [2.45, 2.75) is 112 Å². The lowest BCUT2D eigenvalue weighted by molar-refractivity contribution is -0.236. The highest BCUT2D eigenvalue weighted by atomic mass is 16.5. The average molecular weight is 554 g/mol. The molecule has 2 bridgehead atoms. The van der Waals surface area contributed by atoms with Crippen molar-refractivity contribution in [3.63, 3.8) is 0 Å². The van der Waals surface area contributed by atoms with Gasteiger partial charge in [0.25, 0.3) is 0 Å². The highest BCUT2D eigenvalue weighted by Crippen LogP contribution is 2.78. The van der Waals surface area contributed by atoms with Gasteiger partial charge in [-0.1, -0.05) is 60.6 Å². The van der Waals surface area contributed by atoms with E-state index in [0.29, 0.717) is 46.0 Å². The van der Waals surface area contributed by atoms with Crippen molar-refractivity contribution in [2.24, 2.45) is 56.2 Å². The number of ether oxygens (including phenoxy) is 1. The van der Waals surface area contributed by atoms with Crippen LogP contribution in [0.1, 0.15) is 117 Å². The van der Waals surface area contributed by atoms with Crippen LogP contribution in [0.15, 0.2) is 29.8 Å². The van der Waals surface area contributed by atoms with Crippen LogP contribution in [-0.2, 0) is 9.53 Å². The van der Waals surface area contributed by atoms with E-state index < -0.39 is 0 Å². The lowest BCUT2D eigenvalue weighted by atomic mass is 9.31. The highest BCUT2D eigenvalue weighted by Gasteiger charge is 2.73. The minimum atomic E-state index is -0.360. The van der Waals surface area contributed by atoms with Gasteiger partial charge in [0.1, 0.15) is 0 Å². The van der Waals surface area contributed by atoms with Crippen LogP contribution in [0.5, 0.6) is 0 Å². The summed E-state index contributed by atoms with van der Waals surface area (Å²) in [6, 6.07) is 9.95. The van der Waals surface area contributed by atoms with Crippen LogP contribution in [-0.4, -0.2) is 18.5 Å². The van der Waals surface area contributed by atoms with E-state index in [4.69, 9.17) is 4.74 Å². The Morgan fingerprint density at radius 3 is 2.27 bits per heavy atom. The van der Waals surface area contributed by atoms with Crippen molar-refractivity contribution in [1.29, 1.82) is 5.26 Å². The van der Waals surface area contributed by atoms with E-state index in [1.807, 2.05) is 24.3 Å². The fourth-order valence-electron chi connectivity index (χ4n) is 12.8. The van der Waals surface area contributed by atoms with Gasteiger partial charge in [-0.3, -0.25) is 4.79 Å². The Balaban J connectivity index is 1.27. The zero-order valence-corrected chi connectivity index (χ0v) is 26.6. The number of fused-ring (bicyclic) bond motifs is 5. The smallest absolute Gasteiger partial charge is 0.164 e. The predicted octanol–water partition coefficient (Wildman–Crippen LogP) is 9.01. The summed E-state index contributed by atoms with van der Waals surface area (Å²) in [6.07, 6.45) is 13.8. The molecule has 1 heterocycles. The first kappa shape index (κ1) is 27.9. The minimum Gasteiger partial charge on any atom is -0.377 e. The second-order valence-corrected chi connectivity index (χ2v) is 17.4. The molecule has 7 rings (SSSR count). The first-order valence-corrected chi connectivity index (χ1v) is 16.6. The van der Waals surface area contributed by atoms with Gasteiger partial charge in [-0.25, -0.2) is 0 Å². The number of allylic oxidation sites excluding steroid dienone is 1. The number of hydrogen-bond donors (Lipinski definition) is 0. The Bertz CT molecular complexity index is 1350. The van der Waals surface area contributed by atoms with Gasteiger partial charge < -0.3 is 4.74 Å². The fraction of sp³-hybridized carbons (Fsp3) is 0.737. The quantitative estimate of drug-likeness (QED) is 0.326. The van der Waals surface area contributed by atoms with Crippen molar-refractivity contribution in [1.82, 2.24) is 0 Å². The third-order valence-electron chi connectivity index (χ3n) is 15.1. The topological polar surface area (TPSA) is 50.1 Å². The van der Waals surface area contributed by atoms with Crippen molar-refractivity contribution < 1.29 is 9.53 Å². The maximum absolute atomic E-state index is 14.1. The van der Waals surface area contributed by atoms with E-state index in [0.717, 1.165) is 36.5 Å². The minimum absolute atomic E-state index is 0.104. The summed E-state index contributed by atoms with van der Waals surface area (Å²) in [5, 5.41) is 9.26. The molecule has 6 aliphatic rings. The first-order chi connectivity index (χ1) is 19.2. The van der Waals surface area contributed by atoms with Crippen LogP contribution in [0.3, 0.4) is 0 Å². The Hall–Kier alpha value is -1.92. The summed E-state index contributed by atoms with van der Waals surface area (Å²) in [6.45, 7) is 18.4. The largest absolute Gasteiger partial charge is 0.377 e. The number of carbonyl (C=O) groups excluding carboxylic acids is 1. The van der Waals surface area contributed by atoms with Crippen LogP contribution >= 0.6 is 0 Å². The van der Waals surface area contributed by atoms with E-state index in [1.165, 1.54) is 44.9 Å². The van der Waals surface area contributed by atoms with Gasteiger partial charge in [-0.15, -0.1) is 0 Å². The Morgan fingerprint density at radius 1 is 0.854 bits per heavy atom. The van der Waals surface area contributed by atoms with Gasteiger partial charge in [-0.2, -0.15) is 5.26 Å². The molecule has 1 aromatic rings. The van der Waals surface area contributed by atoms with Gasteiger partial charge >= 0.3 is 0 Å². The molecular weight excluding hydrogens is 502 g/mol. The van der Waals surface area contributed by atoms with Gasteiger partial charge in [-0.05, 0) is 138 Å². The van der Waals surface area contributed by atoms with Crippen LogP contribution in [0.25, 0.3) is 6.08 Å². The molecular formula is C38H51NO2. The zero-order chi connectivity index (χ0) is 29.2. The second-order valence-electron chi connectivity index (χ2n) is 17.4. The summed E-state index contributed by atoms with van der Waals surface area (Å²) in [5.74, 6) is 2.84. The van der Waals surface area contributed by atoms with E-state index in [1.54, 1.807) is 0 Å². The molecule has 6 fully saturated rings. The summed E-state index contributed by atoms with van der Waals surface area (Å²) < 4.78 is 6.76. The standard InChI is InChI=1S/C38H51NO2/c1-33(2)16-18-38-19-17-36(6)27(30(38)32(33)41-23-38)12-13-29-35(5)21-26(20-24-8-10-25(22-39)11-9-24)31(40)34(3,4)28(35)14-15-37(29,36)7/h8-11,20,27-30,32H,12-19,21,23H2,1-7H3/b26-20+/t27-,28-,29-,30+,32-,35+,36-,37-,38-/m1/s1. The second kappa shape index (κ2) is 8.59. The van der Waals surface area contributed by atoms with Crippen molar-refractivity contribution in [3.8, 4) is 6.07 Å². The number of nitriles is 1. The van der Waals surface area contributed by atoms with E-state index >= 15 is 0 Å². The molecule has 1 aliphatic heterocycles. The third kappa shape index (κ3) is 3.50. The molecule has 0 N–H and O–H groups in total. The molecule has 1 aromatic carbocycles. The molecule has 0 radical (unpaired) electrons. The van der Waals surface area contributed by atoms with Crippen LogP contribution in [0.2, 0.25) is 0 Å². The van der Waals surface area contributed by atoms with Gasteiger partial charge in [0.05, 0.1) is 24.3 Å². The predicted molar refractivity (Wildman–Crippen MR) is 164 cm³/mol. The van der Waals surface area contributed by atoms with Crippen molar-refractivity contribution in [3.05, 3.63) is 41.0 Å². The Kier molecular flexibility index (Phi) is 5.84. The van der Waals surface area contributed by atoms with Gasteiger partial charge in [0.2, 0.25) is 0 Å². The lowest BCUT2D eigenvalue weighted by Gasteiger charge is -2.73. The molecule has 5 aliphatic carbocycles. The molecule has 9 atom stereocenters. The molecule has 0 unspecified atom stereocenters. The zero-order valence-electron chi connectivity index (χ0n) is 26.6. The molecule has 3 heteroatoms. The SMILES string of the molecule is CC1(C)CC[C@]23CC[C@]4(C)[C@H](CC[C@@H]5[C@@]6(C)C/C(=C\c7ccc(C#N)cc7)C(=O)C(C)(C)[C@H]6CC[C@]54C)[C@H]2[C@H]1OC3. The Labute approximate surface area is 248 Å². The summed E-state index contributed by atoms with van der Waals surface area (Å²) >= 11 is 0. The molecule has 0 spiro atoms. The molecule has 1 saturated heterocycles. The maximum Gasteiger partial charge on any atom is 0.164 e. The highest BCUT2D eigenvalue weighted by molar-refractivity contribution is 6.04. The van der Waals surface area contributed by atoms with Crippen LogP contribution in [0.4, 0.5) is 0 Å². The molecule has 0 aromatic heterocycles. The maximum atomic E-state index is 14.1. The van der Waals surface area contributed by atoms with Crippen molar-refractivity contribution >= 4 is 11.9 Å². The first-order valence-electron chi connectivity index (χ1n) is 16.6. The van der Waals surface area contributed by atoms with Gasteiger partial charge in [0.15, 0.2) is 5.78 Å². The van der Waals surface area contributed by atoms with Crippen molar-refractivity contribution in [2.75, 3.05) is 6.61 Å². The normalized spacial score (nSPS) is 48.4. The molecule has 220 valence electrons. The van der Waals surface area contributed by atoms with Gasteiger partial charge in [0, 0.05) is 5.41 Å². The van der Waals surface area contributed by atoms with E-state index in [9.17, 15) is 10.1 Å². The number of ketones is 1. The Morgan fingerprint density at radius 2 is 1.56 bits per heavy atom. The summed E-state index contributed by atoms with van der Waals surface area (Å²) in [5.41, 5.74) is 3.74. The monoisotopic (exact) mass is 553 g/mol. The number of Topliss-reactive ketones (excluding diaryl/α,β-unsaturated/α-hetero) is 1. The number of nitrogens with zero attached hydrogens (tertiary/aromatic N) is 1. The molecule has 3 nitrogen and oxygen atoms in total. The summed E-state index contributed by atoms with van der Waals surface area (Å²) in [4.78, 5) is 14.1. The third-order valence-corrected chi connectivity index (χ3v) is 15.1. The number of carbonyl (C=O) groups is 1.